The minimum absolute atomic E-state index is 0.238. The first-order chi connectivity index (χ1) is 28.0. The molecule has 0 spiro atoms. The molecule has 1 aliphatic heterocycles. The van der Waals surface area contributed by atoms with E-state index in [4.69, 9.17) is 0 Å². The quantitative estimate of drug-likeness (QED) is 0.161. The fourth-order valence-corrected chi connectivity index (χ4v) is 8.75. The van der Waals surface area contributed by atoms with Crippen molar-refractivity contribution in [3.8, 4) is 33.4 Å². The average molecular weight is 731 g/mol. The summed E-state index contributed by atoms with van der Waals surface area (Å²) in [6, 6.07) is 79.4. The van der Waals surface area contributed by atoms with Crippen LogP contribution in [0.1, 0.15) is 25.0 Å². The molecule has 57 heavy (non-hydrogen) atoms. The molecule has 10 rings (SSSR count). The summed E-state index contributed by atoms with van der Waals surface area (Å²) in [6.07, 6.45) is 0. The van der Waals surface area contributed by atoms with Crippen molar-refractivity contribution in [1.29, 1.82) is 0 Å². The molecular formula is C55H42N2. The zero-order valence-electron chi connectivity index (χ0n) is 32.2. The third-order valence-electron chi connectivity index (χ3n) is 11.6. The summed E-state index contributed by atoms with van der Waals surface area (Å²) < 4.78 is 0. The van der Waals surface area contributed by atoms with E-state index >= 15 is 0 Å². The lowest BCUT2D eigenvalue weighted by molar-refractivity contribution is 0.632. The lowest BCUT2D eigenvalue weighted by Gasteiger charge is -2.43. The molecule has 1 heterocycles. The molecule has 0 unspecified atom stereocenters. The number of para-hydroxylation sites is 1. The van der Waals surface area contributed by atoms with Gasteiger partial charge in [-0.2, -0.15) is 0 Å². The predicted octanol–water partition coefficient (Wildman–Crippen LogP) is 15.4. The summed E-state index contributed by atoms with van der Waals surface area (Å²) in [7, 11) is 0. The van der Waals surface area contributed by atoms with Crippen LogP contribution < -0.4 is 9.80 Å². The molecule has 0 saturated heterocycles. The Morgan fingerprint density at radius 1 is 0.368 bits per heavy atom. The number of benzene rings is 9. The Morgan fingerprint density at radius 3 is 1.46 bits per heavy atom. The lowest BCUT2D eigenvalue weighted by Crippen LogP contribution is -2.31. The lowest BCUT2D eigenvalue weighted by atomic mass is 9.73. The third-order valence-corrected chi connectivity index (χ3v) is 11.6. The Morgan fingerprint density at radius 2 is 0.842 bits per heavy atom. The minimum atomic E-state index is -0.238. The van der Waals surface area contributed by atoms with Crippen molar-refractivity contribution in [3.05, 3.63) is 230 Å². The summed E-state index contributed by atoms with van der Waals surface area (Å²) in [4.78, 5) is 4.94. The van der Waals surface area contributed by atoms with Gasteiger partial charge in [-0.15, -0.1) is 0 Å². The molecule has 2 heteroatoms. The van der Waals surface area contributed by atoms with Crippen molar-refractivity contribution in [1.82, 2.24) is 0 Å². The van der Waals surface area contributed by atoms with Crippen LogP contribution in [0.5, 0.6) is 0 Å². The first-order valence-corrected chi connectivity index (χ1v) is 19.8. The third kappa shape index (κ3) is 6.07. The zero-order valence-corrected chi connectivity index (χ0v) is 32.2. The fraction of sp³-hybridized carbons (Fsp3) is 0.0545. The molecule has 0 atom stereocenters. The van der Waals surface area contributed by atoms with Crippen LogP contribution in [0.25, 0.3) is 44.2 Å². The highest BCUT2D eigenvalue weighted by molar-refractivity contribution is 6.07. The molecule has 2 nitrogen and oxygen atoms in total. The van der Waals surface area contributed by atoms with Gasteiger partial charge in [0.2, 0.25) is 0 Å². The maximum atomic E-state index is 2.54. The molecule has 0 aliphatic carbocycles. The Balaban J connectivity index is 1.20. The maximum absolute atomic E-state index is 2.54. The summed E-state index contributed by atoms with van der Waals surface area (Å²) in [6.45, 7) is 4.73. The second-order valence-electron chi connectivity index (χ2n) is 15.4. The number of nitrogens with zero attached hydrogens (tertiary/aromatic N) is 2. The fourth-order valence-electron chi connectivity index (χ4n) is 8.75. The van der Waals surface area contributed by atoms with Crippen molar-refractivity contribution >= 4 is 44.9 Å². The van der Waals surface area contributed by atoms with Crippen molar-refractivity contribution in [2.24, 2.45) is 0 Å². The van der Waals surface area contributed by atoms with Crippen LogP contribution in [0.15, 0.2) is 218 Å². The van der Waals surface area contributed by atoms with E-state index in [0.29, 0.717) is 0 Å². The molecule has 0 bridgehead atoms. The summed E-state index contributed by atoms with van der Waals surface area (Å²) in [5, 5.41) is 2.43. The number of rotatable bonds is 7. The molecule has 9 aromatic rings. The van der Waals surface area contributed by atoms with Crippen molar-refractivity contribution in [3.63, 3.8) is 0 Å². The molecule has 0 N–H and O–H groups in total. The van der Waals surface area contributed by atoms with E-state index in [1.54, 1.807) is 0 Å². The molecule has 0 radical (unpaired) electrons. The molecule has 272 valence electrons. The Bertz CT molecular complexity index is 2760. The molecular weight excluding hydrogens is 689 g/mol. The molecule has 0 fully saturated rings. The number of fused-ring (bicyclic) bond motifs is 3. The van der Waals surface area contributed by atoms with Crippen molar-refractivity contribution < 1.29 is 0 Å². The van der Waals surface area contributed by atoms with Gasteiger partial charge >= 0.3 is 0 Å². The van der Waals surface area contributed by atoms with E-state index < -0.39 is 0 Å². The minimum Gasteiger partial charge on any atom is -0.310 e. The predicted molar refractivity (Wildman–Crippen MR) is 242 cm³/mol. The second-order valence-corrected chi connectivity index (χ2v) is 15.4. The normalized spacial score (nSPS) is 12.8. The van der Waals surface area contributed by atoms with Gasteiger partial charge in [0.25, 0.3) is 0 Å². The van der Waals surface area contributed by atoms with Crippen LogP contribution in [0.4, 0.5) is 34.1 Å². The number of hydrogen-bond acceptors (Lipinski definition) is 2. The van der Waals surface area contributed by atoms with E-state index in [1.807, 2.05) is 0 Å². The SMILES string of the molecule is CC1(C)c2ccccc2N(c2c(-c3ccccc3)ccc3ccccc23)c2cc(N(c3ccc(-c4ccccc4)cc3)c3ccc(-c4ccccc4)cc3)ccc21. The Hall–Kier alpha value is -7.16. The van der Waals surface area contributed by atoms with E-state index in [0.717, 1.165) is 17.1 Å². The van der Waals surface area contributed by atoms with E-state index in [2.05, 4.69) is 242 Å². The van der Waals surface area contributed by atoms with E-state index in [1.165, 1.54) is 72.3 Å². The van der Waals surface area contributed by atoms with Gasteiger partial charge in [0, 0.05) is 33.4 Å². The van der Waals surface area contributed by atoms with Crippen LogP contribution >= 0.6 is 0 Å². The van der Waals surface area contributed by atoms with Gasteiger partial charge in [-0.3, -0.25) is 0 Å². The van der Waals surface area contributed by atoms with Crippen LogP contribution in [-0.4, -0.2) is 0 Å². The van der Waals surface area contributed by atoms with Gasteiger partial charge in [0.05, 0.1) is 17.1 Å². The molecule has 0 amide bonds. The van der Waals surface area contributed by atoms with Gasteiger partial charge in [-0.1, -0.05) is 190 Å². The first kappa shape index (κ1) is 34.3. The highest BCUT2D eigenvalue weighted by atomic mass is 15.2. The van der Waals surface area contributed by atoms with Crippen LogP contribution in [-0.2, 0) is 5.41 Å². The smallest absolute Gasteiger partial charge is 0.0618 e. The highest BCUT2D eigenvalue weighted by Gasteiger charge is 2.38. The Kier molecular flexibility index (Phi) is 8.53. The largest absolute Gasteiger partial charge is 0.310 e. The average Bonchev–Trinajstić information content (AvgIpc) is 3.28. The van der Waals surface area contributed by atoms with Gasteiger partial charge in [-0.05, 0) is 86.8 Å². The van der Waals surface area contributed by atoms with Gasteiger partial charge in [-0.25, -0.2) is 0 Å². The molecule has 9 aromatic carbocycles. The van der Waals surface area contributed by atoms with Crippen LogP contribution in [0, 0.1) is 0 Å². The van der Waals surface area contributed by atoms with E-state index in [-0.39, 0.29) is 5.41 Å². The highest BCUT2D eigenvalue weighted by Crippen LogP contribution is 2.56. The summed E-state index contributed by atoms with van der Waals surface area (Å²) >= 11 is 0. The first-order valence-electron chi connectivity index (χ1n) is 19.8. The van der Waals surface area contributed by atoms with E-state index in [9.17, 15) is 0 Å². The standard InChI is InChI=1S/C55H42N2/c1-55(2)50-24-14-15-25-52(50)57(54-48-23-13-12-22-44(48)30-36-49(54)43-20-10-5-11-21-43)53-38-47(35-37-51(53)55)56(45-31-26-41(27-32-45)39-16-6-3-7-17-39)46-33-28-42(29-34-46)40-18-8-4-9-19-40/h3-38H,1-2H3. The topological polar surface area (TPSA) is 6.48 Å². The van der Waals surface area contributed by atoms with Gasteiger partial charge in [0.15, 0.2) is 0 Å². The monoisotopic (exact) mass is 730 g/mol. The maximum Gasteiger partial charge on any atom is 0.0618 e. The van der Waals surface area contributed by atoms with Gasteiger partial charge < -0.3 is 9.80 Å². The Labute approximate surface area is 335 Å². The van der Waals surface area contributed by atoms with Gasteiger partial charge in [0.1, 0.15) is 0 Å². The number of hydrogen-bond donors (Lipinski definition) is 0. The second kappa shape index (κ2) is 14.2. The van der Waals surface area contributed by atoms with Crippen LogP contribution in [0.2, 0.25) is 0 Å². The van der Waals surface area contributed by atoms with Crippen LogP contribution in [0.3, 0.4) is 0 Å². The molecule has 1 aliphatic rings. The molecule has 0 aromatic heterocycles. The molecule has 0 saturated carbocycles. The summed E-state index contributed by atoms with van der Waals surface area (Å²) in [5.74, 6) is 0. The number of anilines is 6. The summed E-state index contributed by atoms with van der Waals surface area (Å²) in [5.41, 5.74) is 16.4. The van der Waals surface area contributed by atoms with Crippen molar-refractivity contribution in [2.45, 2.75) is 19.3 Å². The van der Waals surface area contributed by atoms with Crippen molar-refractivity contribution in [2.75, 3.05) is 9.80 Å². The zero-order chi connectivity index (χ0) is 38.3.